The van der Waals surface area contributed by atoms with E-state index >= 15 is 4.39 Å². The maximum Gasteiger partial charge on any atom is 0.325 e. The van der Waals surface area contributed by atoms with Crippen molar-refractivity contribution in [3.63, 3.8) is 0 Å². The zero-order chi connectivity index (χ0) is 36.4. The monoisotopic (exact) mass is 687 g/mol. The molecule has 264 valence electrons. The summed E-state index contributed by atoms with van der Waals surface area (Å²) in [7, 11) is 7.20. The van der Waals surface area contributed by atoms with Gasteiger partial charge < -0.3 is 34.1 Å². The van der Waals surface area contributed by atoms with E-state index in [0.29, 0.717) is 39.4 Å². The largest absolute Gasteiger partial charge is 0.496 e. The Kier molecular flexibility index (Phi) is 13.2. The molecule has 0 radical (unpaired) electrons. The Bertz CT molecular complexity index is 1860. The molecule has 1 aromatic heterocycles. The predicted molar refractivity (Wildman–Crippen MR) is 189 cm³/mol. The molecule has 0 spiro atoms. The average Bonchev–Trinajstić information content (AvgIpc) is 3.14. The van der Waals surface area contributed by atoms with Crippen molar-refractivity contribution in [2.75, 3.05) is 47.5 Å². The predicted octanol–water partition coefficient (Wildman–Crippen LogP) is 6.02. The van der Waals surface area contributed by atoms with Gasteiger partial charge in [0.2, 0.25) is 0 Å². The van der Waals surface area contributed by atoms with Crippen molar-refractivity contribution < 1.29 is 42.8 Å². The number of hydrogen-bond donors (Lipinski definition) is 3. The maximum absolute atomic E-state index is 15.7. The van der Waals surface area contributed by atoms with Crippen molar-refractivity contribution in [2.24, 2.45) is 0 Å². The summed E-state index contributed by atoms with van der Waals surface area (Å²) in [6.45, 7) is 3.57. The van der Waals surface area contributed by atoms with Crippen molar-refractivity contribution in [3.8, 4) is 22.6 Å². The zero-order valence-electron chi connectivity index (χ0n) is 29.1. The van der Waals surface area contributed by atoms with Crippen LogP contribution in [0.2, 0.25) is 0 Å². The summed E-state index contributed by atoms with van der Waals surface area (Å²) in [6, 6.07) is 16.8. The second-order valence-corrected chi connectivity index (χ2v) is 11.2. The Morgan fingerprint density at radius 2 is 1.58 bits per heavy atom. The number of benzene rings is 3. The van der Waals surface area contributed by atoms with Crippen LogP contribution in [0.4, 0.5) is 10.1 Å². The Hall–Kier alpha value is -5.14. The molecule has 0 saturated carbocycles. The zero-order valence-corrected chi connectivity index (χ0v) is 29.1. The molecule has 0 unspecified atom stereocenters. The molecule has 1 amide bonds. The first-order chi connectivity index (χ1) is 24.1. The highest BCUT2D eigenvalue weighted by atomic mass is 19.1. The summed E-state index contributed by atoms with van der Waals surface area (Å²) in [5, 5.41) is 15.3. The fourth-order valence-electron chi connectivity index (χ4n) is 5.48. The van der Waals surface area contributed by atoms with Crippen molar-refractivity contribution >= 4 is 29.5 Å². The number of rotatable bonds is 15. The molecule has 3 N–H and O–H groups in total. The molecule has 0 aliphatic carbocycles. The van der Waals surface area contributed by atoms with Crippen LogP contribution < -0.4 is 20.1 Å². The van der Waals surface area contributed by atoms with Gasteiger partial charge in [-0.2, -0.15) is 0 Å². The molecule has 0 fully saturated rings. The van der Waals surface area contributed by atoms with Gasteiger partial charge in [0.15, 0.2) is 6.29 Å². The number of methoxy groups -OCH3 is 5. The van der Waals surface area contributed by atoms with Gasteiger partial charge in [0.05, 0.1) is 33.5 Å². The lowest BCUT2D eigenvalue weighted by atomic mass is 9.92. The number of anilines is 1. The van der Waals surface area contributed by atoms with Gasteiger partial charge in [-0.3, -0.25) is 19.9 Å². The third-order valence-electron chi connectivity index (χ3n) is 8.33. The number of aliphatic hydroxyl groups excluding tert-OH is 1. The minimum absolute atomic E-state index is 0.150. The Balaban J connectivity index is 1.58. The highest BCUT2D eigenvalue weighted by Gasteiger charge is 2.21. The minimum Gasteiger partial charge on any atom is -0.496 e. The Labute approximate surface area is 291 Å². The fraction of sp³-hybridized carbons (Fsp3) is 0.289. The van der Waals surface area contributed by atoms with Crippen LogP contribution in [0.3, 0.4) is 0 Å². The third kappa shape index (κ3) is 8.52. The number of pyridine rings is 1. The second kappa shape index (κ2) is 17.5. The molecule has 0 bridgehead atoms. The van der Waals surface area contributed by atoms with E-state index < -0.39 is 36.6 Å². The van der Waals surface area contributed by atoms with E-state index in [-0.39, 0.29) is 12.2 Å². The molecule has 0 aliphatic rings. The molecule has 11 nitrogen and oxygen atoms in total. The van der Waals surface area contributed by atoms with Crippen molar-refractivity contribution in [3.05, 3.63) is 106 Å². The number of amides is 1. The quantitative estimate of drug-likeness (QED) is 0.0774. The molecule has 12 heteroatoms. The number of aromatic nitrogens is 1. The molecular weight excluding hydrogens is 645 g/mol. The van der Waals surface area contributed by atoms with Gasteiger partial charge in [-0.1, -0.05) is 42.5 Å². The van der Waals surface area contributed by atoms with E-state index in [4.69, 9.17) is 18.9 Å². The number of hydrogen-bond acceptors (Lipinski definition) is 10. The third-order valence-corrected chi connectivity index (χ3v) is 8.33. The summed E-state index contributed by atoms with van der Waals surface area (Å²) in [5.41, 5.74) is 6.33. The van der Waals surface area contributed by atoms with Crippen molar-refractivity contribution in [1.82, 2.24) is 10.3 Å². The van der Waals surface area contributed by atoms with Crippen LogP contribution in [0.25, 0.3) is 23.0 Å². The summed E-state index contributed by atoms with van der Waals surface area (Å²) in [6.07, 6.45) is 2.25. The van der Waals surface area contributed by atoms with Gasteiger partial charge in [-0.15, -0.1) is 0 Å². The van der Waals surface area contributed by atoms with E-state index in [1.807, 2.05) is 44.2 Å². The van der Waals surface area contributed by atoms with Gasteiger partial charge in [0.1, 0.15) is 29.1 Å². The summed E-state index contributed by atoms with van der Waals surface area (Å²) < 4.78 is 42.0. The number of aliphatic hydroxyl groups is 1. The van der Waals surface area contributed by atoms with E-state index in [1.165, 1.54) is 53.9 Å². The van der Waals surface area contributed by atoms with Gasteiger partial charge in [-0.05, 0) is 59.9 Å². The molecule has 1 atom stereocenters. The van der Waals surface area contributed by atoms with Crippen LogP contribution in [-0.4, -0.2) is 70.2 Å². The van der Waals surface area contributed by atoms with Gasteiger partial charge in [-0.25, -0.2) is 4.39 Å². The number of ether oxygens (including phenoxy) is 5. The second-order valence-electron chi connectivity index (χ2n) is 11.2. The lowest BCUT2D eigenvalue weighted by molar-refractivity contribution is -0.144. The molecule has 3 aromatic carbocycles. The van der Waals surface area contributed by atoms with Gasteiger partial charge in [0.25, 0.3) is 5.91 Å². The number of esters is 1. The van der Waals surface area contributed by atoms with E-state index in [9.17, 15) is 14.7 Å². The number of carbonyl (C=O) groups excluding carboxylic acids is 2. The molecule has 4 rings (SSSR count). The molecule has 1 heterocycles. The van der Waals surface area contributed by atoms with Gasteiger partial charge >= 0.3 is 5.97 Å². The van der Waals surface area contributed by atoms with E-state index in [0.717, 1.165) is 22.3 Å². The SMILES string of the molecule is COC(=O)[C@@H](CO)NCc1ccc(/C(F)=C/c2cccc(-c3cccc(NC(=O)c4cc(OC)c(C(OC)OC)cn4)c3C)c2C)cc1OC. The highest BCUT2D eigenvalue weighted by Crippen LogP contribution is 2.35. The van der Waals surface area contributed by atoms with Crippen LogP contribution in [0, 0.1) is 13.8 Å². The number of carbonyl (C=O) groups is 2. The molecular formula is C38H42FN3O8. The van der Waals surface area contributed by atoms with E-state index in [2.05, 4.69) is 20.4 Å². The van der Waals surface area contributed by atoms with Crippen molar-refractivity contribution in [1.29, 1.82) is 0 Å². The summed E-state index contributed by atoms with van der Waals surface area (Å²) in [4.78, 5) is 29.4. The molecule has 4 aromatic rings. The molecule has 50 heavy (non-hydrogen) atoms. The number of nitrogens with one attached hydrogen (secondary N) is 2. The van der Waals surface area contributed by atoms with E-state index in [1.54, 1.807) is 24.3 Å². The minimum atomic E-state index is -0.902. The first-order valence-corrected chi connectivity index (χ1v) is 15.7. The van der Waals surface area contributed by atoms with Crippen molar-refractivity contribution in [2.45, 2.75) is 32.7 Å². The number of halogens is 1. The van der Waals surface area contributed by atoms with Gasteiger partial charge in [0, 0.05) is 49.8 Å². The topological polar surface area (TPSA) is 137 Å². The maximum atomic E-state index is 15.7. The Morgan fingerprint density at radius 1 is 0.900 bits per heavy atom. The molecule has 0 saturated heterocycles. The van der Waals surface area contributed by atoms with Crippen LogP contribution in [-0.2, 0) is 25.5 Å². The van der Waals surface area contributed by atoms with Crippen LogP contribution in [0.5, 0.6) is 11.5 Å². The summed E-state index contributed by atoms with van der Waals surface area (Å²) in [5.74, 6) is -0.676. The first-order valence-electron chi connectivity index (χ1n) is 15.7. The fourth-order valence-corrected chi connectivity index (χ4v) is 5.48. The normalized spacial score (nSPS) is 12.1. The molecule has 0 aliphatic heterocycles. The number of nitrogens with zero attached hydrogens (tertiary/aromatic N) is 1. The van der Waals surface area contributed by atoms with Crippen LogP contribution in [0.15, 0.2) is 66.9 Å². The first kappa shape index (κ1) is 37.7. The van der Waals surface area contributed by atoms with Crippen LogP contribution in [0.1, 0.15) is 50.2 Å². The average molecular weight is 688 g/mol. The smallest absolute Gasteiger partial charge is 0.325 e. The summed E-state index contributed by atoms with van der Waals surface area (Å²) >= 11 is 0. The standard InChI is InChI=1S/C38H42FN3O8/c1-22-24(16-30(39)25-14-15-26(34(17-25)46-3)19-40-33(21-43)37(45)48-5)10-8-11-27(22)28-12-9-13-31(23(28)2)42-36(44)32-18-35(47-4)29(20-41-32)38(49-6)50-7/h8-18,20,33,38,40,43H,19,21H2,1-7H3,(H,42,44)/b30-16-/t33-/m1/s1. The Morgan fingerprint density at radius 3 is 2.22 bits per heavy atom. The highest BCUT2D eigenvalue weighted by molar-refractivity contribution is 6.04. The lowest BCUT2D eigenvalue weighted by Gasteiger charge is -2.18. The lowest BCUT2D eigenvalue weighted by Crippen LogP contribution is -2.40. The van der Waals surface area contributed by atoms with Crippen LogP contribution >= 0.6 is 0 Å².